The highest BCUT2D eigenvalue weighted by Crippen LogP contribution is 2.35. The molecule has 0 radical (unpaired) electrons. The van der Waals surface area contributed by atoms with Gasteiger partial charge >= 0.3 is 0 Å². The van der Waals surface area contributed by atoms with Crippen molar-refractivity contribution in [1.29, 1.82) is 0 Å². The van der Waals surface area contributed by atoms with Crippen LogP contribution in [0.1, 0.15) is 39.0 Å². The summed E-state index contributed by atoms with van der Waals surface area (Å²) in [5, 5.41) is 3.40. The SMILES string of the molecule is CC(CCS(C)=O)N1CNC2(CCCC2)C1=O. The fourth-order valence-corrected chi connectivity index (χ4v) is 3.55. The Labute approximate surface area is 106 Å². The first-order valence-electron chi connectivity index (χ1n) is 6.41. The first-order chi connectivity index (χ1) is 8.05. The first kappa shape index (κ1) is 13.0. The van der Waals surface area contributed by atoms with Crippen LogP contribution in [-0.4, -0.2) is 45.3 Å². The molecule has 5 heteroatoms. The van der Waals surface area contributed by atoms with E-state index in [9.17, 15) is 9.00 Å². The van der Waals surface area contributed by atoms with Gasteiger partial charge in [-0.15, -0.1) is 0 Å². The zero-order valence-corrected chi connectivity index (χ0v) is 11.5. The summed E-state index contributed by atoms with van der Waals surface area (Å²) in [5.41, 5.74) is -0.250. The molecule has 1 aliphatic heterocycles. The van der Waals surface area contributed by atoms with Crippen LogP contribution in [-0.2, 0) is 15.6 Å². The van der Waals surface area contributed by atoms with Gasteiger partial charge in [0.15, 0.2) is 0 Å². The maximum atomic E-state index is 12.4. The molecule has 4 nitrogen and oxygen atoms in total. The van der Waals surface area contributed by atoms with Crippen LogP contribution in [0.25, 0.3) is 0 Å². The van der Waals surface area contributed by atoms with E-state index in [1.807, 2.05) is 4.90 Å². The molecule has 2 unspecified atom stereocenters. The zero-order chi connectivity index (χ0) is 12.5. The molecule has 1 aliphatic carbocycles. The van der Waals surface area contributed by atoms with Gasteiger partial charge in [0.1, 0.15) is 0 Å². The molecule has 0 aromatic rings. The highest BCUT2D eigenvalue weighted by atomic mass is 32.2. The summed E-state index contributed by atoms with van der Waals surface area (Å²) in [7, 11) is -0.766. The van der Waals surface area contributed by atoms with Crippen LogP contribution in [0.2, 0.25) is 0 Å². The van der Waals surface area contributed by atoms with Gasteiger partial charge in [-0.2, -0.15) is 0 Å². The van der Waals surface area contributed by atoms with Gasteiger partial charge in [-0.05, 0) is 26.2 Å². The van der Waals surface area contributed by atoms with E-state index >= 15 is 0 Å². The number of carbonyl (C=O) groups is 1. The molecule has 0 aromatic heterocycles. The van der Waals surface area contributed by atoms with Crippen molar-refractivity contribution in [1.82, 2.24) is 10.2 Å². The number of amides is 1. The maximum absolute atomic E-state index is 12.4. The summed E-state index contributed by atoms with van der Waals surface area (Å²) in [6, 6.07) is 0.193. The number of hydrogen-bond donors (Lipinski definition) is 1. The van der Waals surface area contributed by atoms with Crippen molar-refractivity contribution in [2.24, 2.45) is 0 Å². The minimum atomic E-state index is -0.766. The van der Waals surface area contributed by atoms with Gasteiger partial charge in [-0.3, -0.25) is 14.3 Å². The highest BCUT2D eigenvalue weighted by molar-refractivity contribution is 7.84. The van der Waals surface area contributed by atoms with Gasteiger partial charge in [0, 0.05) is 28.9 Å². The molecular formula is C12H22N2O2S. The van der Waals surface area contributed by atoms with Crippen LogP contribution in [0.3, 0.4) is 0 Å². The molecule has 1 spiro atoms. The second-order valence-corrected chi connectivity index (χ2v) is 6.87. The van der Waals surface area contributed by atoms with E-state index in [1.54, 1.807) is 6.26 Å². The van der Waals surface area contributed by atoms with Crippen molar-refractivity contribution in [2.75, 3.05) is 18.7 Å². The van der Waals surface area contributed by atoms with Crippen LogP contribution in [0, 0.1) is 0 Å². The molecular weight excluding hydrogens is 236 g/mol. The normalized spacial score (nSPS) is 26.7. The van der Waals surface area contributed by atoms with Gasteiger partial charge in [-0.25, -0.2) is 0 Å². The average Bonchev–Trinajstić information content (AvgIpc) is 2.87. The van der Waals surface area contributed by atoms with Crippen molar-refractivity contribution in [3.63, 3.8) is 0 Å². The molecule has 0 aromatic carbocycles. The molecule has 17 heavy (non-hydrogen) atoms. The molecule has 1 saturated heterocycles. The molecule has 1 heterocycles. The lowest BCUT2D eigenvalue weighted by atomic mass is 9.97. The highest BCUT2D eigenvalue weighted by Gasteiger charge is 2.48. The monoisotopic (exact) mass is 258 g/mol. The molecule has 2 atom stereocenters. The van der Waals surface area contributed by atoms with Crippen LogP contribution in [0.5, 0.6) is 0 Å². The first-order valence-corrected chi connectivity index (χ1v) is 8.14. The van der Waals surface area contributed by atoms with Crippen molar-refractivity contribution in [3.05, 3.63) is 0 Å². The van der Waals surface area contributed by atoms with E-state index in [0.29, 0.717) is 12.4 Å². The van der Waals surface area contributed by atoms with Crippen LogP contribution in [0.4, 0.5) is 0 Å². The number of rotatable bonds is 4. The van der Waals surface area contributed by atoms with Gasteiger partial charge in [0.05, 0.1) is 12.2 Å². The summed E-state index contributed by atoms with van der Waals surface area (Å²) in [6.07, 6.45) is 6.81. The summed E-state index contributed by atoms with van der Waals surface area (Å²) >= 11 is 0. The minimum Gasteiger partial charge on any atom is -0.326 e. The Bertz CT molecular complexity index is 326. The Balaban J connectivity index is 1.94. The third-order valence-corrected chi connectivity index (χ3v) is 4.88. The summed E-state index contributed by atoms with van der Waals surface area (Å²) < 4.78 is 11.1. The topological polar surface area (TPSA) is 49.4 Å². The Morgan fingerprint density at radius 2 is 2.12 bits per heavy atom. The third kappa shape index (κ3) is 2.55. The molecule has 0 bridgehead atoms. The van der Waals surface area contributed by atoms with Gasteiger partial charge in [-0.1, -0.05) is 12.8 Å². The Hall–Kier alpha value is -0.420. The Morgan fingerprint density at radius 1 is 1.47 bits per heavy atom. The van der Waals surface area contributed by atoms with E-state index in [2.05, 4.69) is 12.2 Å². The molecule has 2 fully saturated rings. The number of nitrogens with one attached hydrogen (secondary N) is 1. The molecule has 98 valence electrons. The second kappa shape index (κ2) is 5.06. The van der Waals surface area contributed by atoms with Crippen LogP contribution in [0.15, 0.2) is 0 Å². The second-order valence-electron chi connectivity index (χ2n) is 5.31. The van der Waals surface area contributed by atoms with E-state index in [-0.39, 0.29) is 17.5 Å². The predicted molar refractivity (Wildman–Crippen MR) is 69.1 cm³/mol. The fourth-order valence-electron chi connectivity index (χ4n) is 2.88. The number of hydrogen-bond acceptors (Lipinski definition) is 3. The lowest BCUT2D eigenvalue weighted by molar-refractivity contribution is -0.133. The number of nitrogens with zero attached hydrogens (tertiary/aromatic N) is 1. The summed E-state index contributed by atoms with van der Waals surface area (Å²) in [4.78, 5) is 14.3. The Kier molecular flexibility index (Phi) is 3.88. The quantitative estimate of drug-likeness (QED) is 0.813. The third-order valence-electron chi connectivity index (χ3n) is 4.07. The largest absolute Gasteiger partial charge is 0.326 e. The summed E-state index contributed by atoms with van der Waals surface area (Å²) in [6.45, 7) is 2.72. The van der Waals surface area contributed by atoms with Crippen molar-refractivity contribution in [3.8, 4) is 0 Å². The van der Waals surface area contributed by atoms with E-state index < -0.39 is 10.8 Å². The van der Waals surface area contributed by atoms with Crippen molar-refractivity contribution >= 4 is 16.7 Å². The molecule has 1 N–H and O–H groups in total. The van der Waals surface area contributed by atoms with Crippen LogP contribution >= 0.6 is 0 Å². The Morgan fingerprint density at radius 3 is 2.71 bits per heavy atom. The lowest BCUT2D eigenvalue weighted by Crippen LogP contribution is -2.45. The summed E-state index contributed by atoms with van der Waals surface area (Å²) in [5.74, 6) is 0.946. The van der Waals surface area contributed by atoms with E-state index in [1.165, 1.54) is 0 Å². The predicted octanol–water partition coefficient (Wildman–Crippen LogP) is 0.846. The van der Waals surface area contributed by atoms with Gasteiger partial charge in [0.2, 0.25) is 5.91 Å². The smallest absolute Gasteiger partial charge is 0.244 e. The maximum Gasteiger partial charge on any atom is 0.244 e. The van der Waals surface area contributed by atoms with Crippen molar-refractivity contribution < 1.29 is 9.00 Å². The van der Waals surface area contributed by atoms with Gasteiger partial charge < -0.3 is 4.90 Å². The standard InChI is InChI=1S/C12H22N2O2S/c1-10(5-8-17(2)16)14-9-13-12(11(14)15)6-3-4-7-12/h10,13H,3-9H2,1-2H3. The minimum absolute atomic E-state index is 0.193. The average molecular weight is 258 g/mol. The fraction of sp³-hybridized carbons (Fsp3) is 0.917. The van der Waals surface area contributed by atoms with Crippen LogP contribution < -0.4 is 5.32 Å². The van der Waals surface area contributed by atoms with Gasteiger partial charge in [0.25, 0.3) is 0 Å². The van der Waals surface area contributed by atoms with Crippen molar-refractivity contribution in [2.45, 2.75) is 50.6 Å². The molecule has 2 aliphatic rings. The zero-order valence-electron chi connectivity index (χ0n) is 10.7. The lowest BCUT2D eigenvalue weighted by Gasteiger charge is -2.26. The molecule has 1 amide bonds. The van der Waals surface area contributed by atoms with E-state index in [4.69, 9.17) is 0 Å². The molecule has 2 rings (SSSR count). The molecule has 1 saturated carbocycles. The van der Waals surface area contributed by atoms with E-state index in [0.717, 1.165) is 32.1 Å². The number of carbonyl (C=O) groups excluding carboxylic acids is 1.